The van der Waals surface area contributed by atoms with Crippen LogP contribution in [0.5, 0.6) is 5.75 Å². The third-order valence-electron chi connectivity index (χ3n) is 4.80. The second-order valence-electron chi connectivity index (χ2n) is 7.46. The Hall–Kier alpha value is -3.49. The van der Waals surface area contributed by atoms with Gasteiger partial charge in [-0.15, -0.1) is 0 Å². The number of fused-ring (bicyclic) bond motifs is 1. The largest absolute Gasteiger partial charge is 0.497 e. The smallest absolute Gasteiger partial charge is 0.372 e. The Bertz CT molecular complexity index is 1010. The van der Waals surface area contributed by atoms with Crippen molar-refractivity contribution < 1.29 is 33.4 Å². The van der Waals surface area contributed by atoms with Gasteiger partial charge in [0.25, 0.3) is 0 Å². The number of aromatic nitrogens is 1. The number of hydrogen-bond acceptors (Lipinski definition) is 7. The molecule has 2 rings (SSSR count). The molecule has 0 spiro atoms. The van der Waals surface area contributed by atoms with Crippen LogP contribution in [-0.4, -0.2) is 66.1 Å². The zero-order chi connectivity index (χ0) is 23.7. The van der Waals surface area contributed by atoms with Crippen molar-refractivity contribution in [3.63, 3.8) is 0 Å². The first-order chi connectivity index (χ1) is 15.3. The number of amides is 1. The number of methoxy groups -OCH3 is 2. The zero-order valence-corrected chi connectivity index (χ0v) is 18.6. The number of nitrogens with zero attached hydrogens (tertiary/aromatic N) is 1. The quantitative estimate of drug-likeness (QED) is 0.197. The van der Waals surface area contributed by atoms with Gasteiger partial charge in [0.15, 0.2) is 0 Å². The predicted octanol–water partition coefficient (Wildman–Crippen LogP) is 1.83. The maximum atomic E-state index is 12.9. The van der Waals surface area contributed by atoms with E-state index in [9.17, 15) is 14.4 Å². The van der Waals surface area contributed by atoms with Crippen LogP contribution in [0.15, 0.2) is 24.4 Å². The van der Waals surface area contributed by atoms with Gasteiger partial charge >= 0.3 is 12.2 Å². The van der Waals surface area contributed by atoms with E-state index in [1.54, 1.807) is 27.2 Å². The molecule has 0 radical (unpaired) electrons. The number of carbonyl (C=O) groups is 3. The normalized spacial score (nSPS) is 12.7. The molecule has 1 aromatic heterocycles. The fraction of sp³-hybridized carbons (Fsp3) is 0.455. The number of ether oxygens (including phenoxy) is 3. The van der Waals surface area contributed by atoms with E-state index in [1.807, 2.05) is 18.2 Å². The Balaban J connectivity index is 2.15. The monoisotopic (exact) mass is 445 g/mol. The lowest BCUT2D eigenvalue weighted by Gasteiger charge is -2.21. The molecule has 0 fully saturated rings. The van der Waals surface area contributed by atoms with Gasteiger partial charge in [-0.2, -0.15) is 0 Å². The summed E-state index contributed by atoms with van der Waals surface area (Å²) in [7, 11) is 2.99. The van der Waals surface area contributed by atoms with E-state index in [2.05, 4.69) is 15.1 Å². The highest BCUT2D eigenvalue weighted by atomic mass is 16.5. The fourth-order valence-electron chi connectivity index (χ4n) is 3.19. The van der Waals surface area contributed by atoms with Crippen molar-refractivity contribution in [3.8, 4) is 5.75 Å². The first kappa shape index (κ1) is 24.8. The molecule has 1 aromatic carbocycles. The minimum Gasteiger partial charge on any atom is -0.497 e. The Kier molecular flexibility index (Phi) is 9.12. The van der Waals surface area contributed by atoms with Crippen molar-refractivity contribution in [1.29, 1.82) is 5.53 Å². The molecule has 1 amide bonds. The molecule has 0 saturated carbocycles. The summed E-state index contributed by atoms with van der Waals surface area (Å²) in [6.07, 6.45) is 1.60. The number of Topliss-reactive ketones (excluding diaryl/α,β-unsaturated/α-hetero) is 1. The van der Waals surface area contributed by atoms with E-state index >= 15 is 0 Å². The Morgan fingerprint density at radius 2 is 2.00 bits per heavy atom. The third-order valence-corrected chi connectivity index (χ3v) is 4.80. The summed E-state index contributed by atoms with van der Waals surface area (Å²) < 4.78 is 15.9. The van der Waals surface area contributed by atoms with E-state index < -0.39 is 29.8 Å². The van der Waals surface area contributed by atoms with Gasteiger partial charge in [0.1, 0.15) is 17.9 Å². The van der Waals surface area contributed by atoms with Crippen LogP contribution in [0.25, 0.3) is 10.9 Å². The number of aromatic amines is 1. The lowest BCUT2D eigenvalue weighted by Crippen LogP contribution is -2.48. The van der Waals surface area contributed by atoms with Crippen LogP contribution in [0.3, 0.4) is 0 Å². The first-order valence-corrected chi connectivity index (χ1v) is 10.2. The number of nitrogens with one attached hydrogen (secondary N) is 3. The molecule has 0 aliphatic carbocycles. The molecule has 0 unspecified atom stereocenters. The van der Waals surface area contributed by atoms with Gasteiger partial charge in [0.05, 0.1) is 23.5 Å². The molecule has 32 heavy (non-hydrogen) atoms. The zero-order valence-electron chi connectivity index (χ0n) is 18.6. The van der Waals surface area contributed by atoms with Crippen LogP contribution < -0.4 is 10.1 Å². The molecule has 10 nitrogen and oxygen atoms in total. The SMILES string of the molecule is COc1ccc2[nH]cc(C[C@H](OC)C(=O)N[C@@H](CCC(=O)C=[N+]=N)C(=O)OC(C)C)c2c1. The lowest BCUT2D eigenvalue weighted by molar-refractivity contribution is -0.152. The minimum atomic E-state index is -1.03. The summed E-state index contributed by atoms with van der Waals surface area (Å²) in [6.45, 7) is 3.38. The van der Waals surface area contributed by atoms with E-state index in [-0.39, 0.29) is 25.4 Å². The van der Waals surface area contributed by atoms with Crippen LogP contribution >= 0.6 is 0 Å². The molecule has 0 aliphatic heterocycles. The number of ketones is 1. The van der Waals surface area contributed by atoms with Gasteiger partial charge in [0, 0.05) is 37.1 Å². The molecule has 2 aromatic rings. The van der Waals surface area contributed by atoms with Crippen LogP contribution in [0.2, 0.25) is 0 Å². The summed E-state index contributed by atoms with van der Waals surface area (Å²) in [5.41, 5.74) is 8.47. The number of rotatable bonds is 12. The van der Waals surface area contributed by atoms with Crippen molar-refractivity contribution in [2.24, 2.45) is 0 Å². The molecule has 2 atom stereocenters. The van der Waals surface area contributed by atoms with Crippen molar-refractivity contribution in [1.82, 2.24) is 10.3 Å². The third kappa shape index (κ3) is 6.76. The van der Waals surface area contributed by atoms with Crippen molar-refractivity contribution in [2.45, 2.75) is 51.4 Å². The summed E-state index contributed by atoms with van der Waals surface area (Å²) in [5.74, 6) is -0.880. The van der Waals surface area contributed by atoms with Crippen LogP contribution in [0, 0.1) is 5.53 Å². The number of esters is 1. The molecule has 0 saturated heterocycles. The Morgan fingerprint density at radius 1 is 1.25 bits per heavy atom. The van der Waals surface area contributed by atoms with E-state index in [1.165, 1.54) is 7.11 Å². The summed E-state index contributed by atoms with van der Waals surface area (Å²) >= 11 is 0. The number of H-pyrrole nitrogens is 1. The first-order valence-electron chi connectivity index (χ1n) is 10.2. The van der Waals surface area contributed by atoms with Gasteiger partial charge in [-0.25, -0.2) is 4.79 Å². The average Bonchev–Trinajstić information content (AvgIpc) is 3.16. The van der Waals surface area contributed by atoms with Gasteiger partial charge < -0.3 is 24.5 Å². The maximum Gasteiger partial charge on any atom is 0.372 e. The minimum absolute atomic E-state index is 0.0167. The van der Waals surface area contributed by atoms with E-state index in [0.29, 0.717) is 5.75 Å². The van der Waals surface area contributed by atoms with Gasteiger partial charge in [0.2, 0.25) is 11.7 Å². The molecular weight excluding hydrogens is 416 g/mol. The molecular formula is C22H29N4O6+. The number of hydrogen-bond donors (Lipinski definition) is 3. The van der Waals surface area contributed by atoms with Crippen LogP contribution in [0.4, 0.5) is 0 Å². The summed E-state index contributed by atoms with van der Waals surface area (Å²) in [6, 6.07) is 4.55. The van der Waals surface area contributed by atoms with Crippen molar-refractivity contribution in [3.05, 3.63) is 30.0 Å². The van der Waals surface area contributed by atoms with E-state index in [4.69, 9.17) is 19.7 Å². The van der Waals surface area contributed by atoms with E-state index in [0.717, 1.165) is 22.7 Å². The molecule has 3 N–H and O–H groups in total. The van der Waals surface area contributed by atoms with Gasteiger partial charge in [-0.05, 0) is 44.0 Å². The summed E-state index contributed by atoms with van der Waals surface area (Å²) in [5, 5.41) is 3.54. The highest BCUT2D eigenvalue weighted by Gasteiger charge is 2.28. The Labute approximate surface area is 185 Å². The average molecular weight is 445 g/mol. The van der Waals surface area contributed by atoms with Gasteiger partial charge in [-0.3, -0.25) is 9.59 Å². The molecule has 172 valence electrons. The van der Waals surface area contributed by atoms with Crippen LogP contribution in [-0.2, 0) is 30.3 Å². The standard InChI is InChI=1S/C22H28N4O6/c1-13(2)32-22(29)19(7-5-15(27)12-25-23)26-21(28)20(31-4)9-14-11-24-18-8-6-16(30-3)10-17(14)18/h6,8,10-13,19-20,23-24H,5,7,9H2,1-4H3/p+1/t19-,20-/m0/s1. The second kappa shape index (κ2) is 11.8. The van der Waals surface area contributed by atoms with Crippen molar-refractivity contribution >= 4 is 34.8 Å². The summed E-state index contributed by atoms with van der Waals surface area (Å²) in [4.78, 5) is 43.1. The highest BCUT2D eigenvalue weighted by Crippen LogP contribution is 2.25. The molecule has 10 heteroatoms. The molecule has 1 heterocycles. The predicted molar refractivity (Wildman–Crippen MR) is 116 cm³/mol. The second-order valence-corrected chi connectivity index (χ2v) is 7.46. The number of carbonyl (C=O) groups excluding carboxylic acids is 3. The fourth-order valence-corrected chi connectivity index (χ4v) is 3.19. The van der Waals surface area contributed by atoms with Gasteiger partial charge in [-0.1, -0.05) is 0 Å². The van der Waals surface area contributed by atoms with Crippen LogP contribution in [0.1, 0.15) is 32.3 Å². The highest BCUT2D eigenvalue weighted by molar-refractivity contribution is 6.25. The van der Waals surface area contributed by atoms with Crippen molar-refractivity contribution in [2.75, 3.05) is 14.2 Å². The maximum absolute atomic E-state index is 12.9. The lowest BCUT2D eigenvalue weighted by atomic mass is 10.0. The Morgan fingerprint density at radius 3 is 2.62 bits per heavy atom. The number of benzene rings is 1. The molecule has 0 aliphatic rings. The topological polar surface area (TPSA) is 145 Å². The molecule has 0 bridgehead atoms.